The molecule has 0 aromatic heterocycles. The van der Waals surface area contributed by atoms with Gasteiger partial charge in [-0.25, -0.2) is 4.79 Å². The third kappa shape index (κ3) is 5.30. The number of carboxylic acids is 1. The van der Waals surface area contributed by atoms with Crippen LogP contribution in [0.1, 0.15) is 72.2 Å². The van der Waals surface area contributed by atoms with Crippen LogP contribution in [0.2, 0.25) is 0 Å². The van der Waals surface area contributed by atoms with E-state index in [9.17, 15) is 9.59 Å². The number of hydrogen-bond donors (Lipinski definition) is 3. The lowest BCUT2D eigenvalue weighted by atomic mass is 9.57. The van der Waals surface area contributed by atoms with Gasteiger partial charge in [-0.15, -0.1) is 0 Å². The topological polar surface area (TPSA) is 78.4 Å². The fourth-order valence-electron chi connectivity index (χ4n) is 6.59. The lowest BCUT2D eigenvalue weighted by Crippen LogP contribution is -2.38. The molecule has 2 fully saturated rings. The molecule has 3 aromatic rings. The number of carboxylic acid groups (broad SMARTS) is 1. The van der Waals surface area contributed by atoms with Crippen molar-refractivity contribution in [2.75, 3.05) is 10.6 Å². The highest BCUT2D eigenvalue weighted by Gasteiger charge is 2.41. The lowest BCUT2D eigenvalue weighted by molar-refractivity contribution is 0.0696. The van der Waals surface area contributed by atoms with Gasteiger partial charge >= 0.3 is 5.97 Å². The molecule has 0 saturated heterocycles. The SMILES string of the molecule is CC1CC2CC(C1)CC(C)(c1ccc(Nc3ccc(C(=O)Nc4cccc(C(=O)O)c4)cc3)cc1)C2. The van der Waals surface area contributed by atoms with Crippen molar-refractivity contribution in [2.24, 2.45) is 17.8 Å². The molecule has 2 saturated carbocycles. The highest BCUT2D eigenvalue weighted by Crippen LogP contribution is 2.51. The summed E-state index contributed by atoms with van der Waals surface area (Å²) in [5, 5.41) is 15.3. The number of fused-ring (bicyclic) bond motifs is 2. The summed E-state index contributed by atoms with van der Waals surface area (Å²) in [6, 6.07) is 22.4. The van der Waals surface area contributed by atoms with Gasteiger partial charge in [-0.3, -0.25) is 4.79 Å². The predicted molar refractivity (Wildman–Crippen MR) is 144 cm³/mol. The van der Waals surface area contributed by atoms with Crippen LogP contribution in [0, 0.1) is 17.8 Å². The second kappa shape index (κ2) is 9.81. The number of benzene rings is 3. The molecule has 0 spiro atoms. The Bertz CT molecular complexity index is 1230. The standard InChI is InChI=1S/C31H34N2O3/c1-20-14-21-16-22(15-20)19-31(2,18-21)25-8-12-27(13-9-25)32-26-10-6-23(7-11-26)29(34)33-28-5-3-4-24(17-28)30(35)36/h3-13,17,20-22,32H,14-16,18-19H2,1-2H3,(H,33,34)(H,35,36). The number of carbonyl (C=O) groups is 2. The van der Waals surface area contributed by atoms with Gasteiger partial charge in [0, 0.05) is 22.6 Å². The quantitative estimate of drug-likeness (QED) is 0.340. The number of hydrogen-bond acceptors (Lipinski definition) is 3. The van der Waals surface area contributed by atoms with Crippen molar-refractivity contribution in [2.45, 2.75) is 51.4 Å². The average molecular weight is 483 g/mol. The summed E-state index contributed by atoms with van der Waals surface area (Å²) in [5.74, 6) is 1.30. The third-order valence-corrected chi connectivity index (χ3v) is 8.00. The molecule has 2 bridgehead atoms. The molecule has 5 rings (SSSR count). The van der Waals surface area contributed by atoms with Crippen LogP contribution in [0.25, 0.3) is 0 Å². The summed E-state index contributed by atoms with van der Waals surface area (Å²) in [7, 11) is 0. The van der Waals surface area contributed by atoms with Gasteiger partial charge in [0.05, 0.1) is 5.56 Å². The maximum atomic E-state index is 12.6. The normalized spacial score (nSPS) is 25.1. The van der Waals surface area contributed by atoms with E-state index in [1.807, 2.05) is 12.1 Å². The largest absolute Gasteiger partial charge is 0.478 e. The average Bonchev–Trinajstić information content (AvgIpc) is 2.84. The molecule has 0 heterocycles. The first kappa shape index (κ1) is 24.1. The summed E-state index contributed by atoms with van der Waals surface area (Å²) in [6.45, 7) is 4.87. The first-order chi connectivity index (χ1) is 17.3. The molecule has 0 radical (unpaired) electrons. The molecule has 186 valence electrons. The molecule has 2 unspecified atom stereocenters. The van der Waals surface area contributed by atoms with Crippen molar-refractivity contribution in [3.05, 3.63) is 89.5 Å². The van der Waals surface area contributed by atoms with Crippen molar-refractivity contribution in [3.8, 4) is 0 Å². The lowest BCUT2D eigenvalue weighted by Gasteiger charge is -2.47. The smallest absolute Gasteiger partial charge is 0.335 e. The Hall–Kier alpha value is -3.60. The van der Waals surface area contributed by atoms with Crippen LogP contribution in [0.3, 0.4) is 0 Å². The molecule has 3 N–H and O–H groups in total. The minimum absolute atomic E-state index is 0.133. The van der Waals surface area contributed by atoms with Gasteiger partial charge < -0.3 is 15.7 Å². The van der Waals surface area contributed by atoms with Crippen LogP contribution in [0.5, 0.6) is 0 Å². The third-order valence-electron chi connectivity index (χ3n) is 8.00. The number of rotatable bonds is 6. The van der Waals surface area contributed by atoms with E-state index < -0.39 is 5.97 Å². The second-order valence-electron chi connectivity index (χ2n) is 11.1. The van der Waals surface area contributed by atoms with Crippen molar-refractivity contribution in [3.63, 3.8) is 0 Å². The second-order valence-corrected chi connectivity index (χ2v) is 11.1. The molecule has 5 nitrogen and oxygen atoms in total. The van der Waals surface area contributed by atoms with Crippen LogP contribution in [-0.2, 0) is 5.41 Å². The van der Waals surface area contributed by atoms with Crippen LogP contribution >= 0.6 is 0 Å². The summed E-state index contributed by atoms with van der Waals surface area (Å²) < 4.78 is 0. The molecule has 36 heavy (non-hydrogen) atoms. The first-order valence-electron chi connectivity index (χ1n) is 12.9. The Morgan fingerprint density at radius 3 is 2.03 bits per heavy atom. The van der Waals surface area contributed by atoms with E-state index in [1.54, 1.807) is 24.3 Å². The summed E-state index contributed by atoms with van der Waals surface area (Å²) in [6.07, 6.45) is 6.78. The summed E-state index contributed by atoms with van der Waals surface area (Å²) in [4.78, 5) is 23.7. The van der Waals surface area contributed by atoms with Gasteiger partial charge in [0.25, 0.3) is 5.91 Å². The highest BCUT2D eigenvalue weighted by atomic mass is 16.4. The maximum absolute atomic E-state index is 12.6. The maximum Gasteiger partial charge on any atom is 0.335 e. The van der Waals surface area contributed by atoms with Gasteiger partial charge in [0.15, 0.2) is 0 Å². The molecule has 5 heteroatoms. The zero-order valence-corrected chi connectivity index (χ0v) is 21.0. The Morgan fingerprint density at radius 2 is 1.42 bits per heavy atom. The van der Waals surface area contributed by atoms with E-state index in [0.29, 0.717) is 11.3 Å². The zero-order valence-electron chi connectivity index (χ0n) is 21.0. The van der Waals surface area contributed by atoms with Crippen molar-refractivity contribution >= 4 is 28.9 Å². The van der Waals surface area contributed by atoms with E-state index in [4.69, 9.17) is 5.11 Å². The molecule has 2 aliphatic rings. The minimum atomic E-state index is -1.03. The Kier molecular flexibility index (Phi) is 6.57. The Morgan fingerprint density at radius 1 is 0.806 bits per heavy atom. The fraction of sp³-hybridized carbons (Fsp3) is 0.355. The van der Waals surface area contributed by atoms with Crippen LogP contribution in [0.4, 0.5) is 17.1 Å². The Balaban J connectivity index is 1.21. The van der Waals surface area contributed by atoms with Crippen molar-refractivity contribution in [1.29, 1.82) is 0 Å². The van der Waals surface area contributed by atoms with Gasteiger partial charge in [0.2, 0.25) is 0 Å². The molecular weight excluding hydrogens is 448 g/mol. The monoisotopic (exact) mass is 482 g/mol. The zero-order chi connectivity index (χ0) is 25.3. The number of amides is 1. The van der Waals surface area contributed by atoms with Gasteiger partial charge in [0.1, 0.15) is 0 Å². The van der Waals surface area contributed by atoms with Gasteiger partial charge in [-0.05, 0) is 115 Å². The molecule has 2 aliphatic carbocycles. The molecule has 3 aromatic carbocycles. The number of carbonyl (C=O) groups excluding carboxylic acids is 1. The number of aromatic carboxylic acids is 1. The number of anilines is 3. The molecule has 2 atom stereocenters. The summed E-state index contributed by atoms with van der Waals surface area (Å²) >= 11 is 0. The Labute approximate surface area is 212 Å². The van der Waals surface area contributed by atoms with Gasteiger partial charge in [-0.1, -0.05) is 32.0 Å². The highest BCUT2D eigenvalue weighted by molar-refractivity contribution is 6.05. The van der Waals surface area contributed by atoms with Crippen LogP contribution in [-0.4, -0.2) is 17.0 Å². The van der Waals surface area contributed by atoms with E-state index in [-0.39, 0.29) is 16.9 Å². The van der Waals surface area contributed by atoms with Crippen LogP contribution < -0.4 is 10.6 Å². The number of nitrogens with one attached hydrogen (secondary N) is 2. The van der Waals surface area contributed by atoms with Crippen LogP contribution in [0.15, 0.2) is 72.8 Å². The predicted octanol–water partition coefficient (Wildman–Crippen LogP) is 7.48. The van der Waals surface area contributed by atoms with E-state index in [0.717, 1.165) is 29.1 Å². The van der Waals surface area contributed by atoms with Crippen molar-refractivity contribution in [1.82, 2.24) is 0 Å². The van der Waals surface area contributed by atoms with E-state index in [2.05, 4.69) is 48.7 Å². The van der Waals surface area contributed by atoms with E-state index in [1.165, 1.54) is 49.8 Å². The van der Waals surface area contributed by atoms with Gasteiger partial charge in [-0.2, -0.15) is 0 Å². The fourth-order valence-corrected chi connectivity index (χ4v) is 6.59. The molecule has 1 amide bonds. The van der Waals surface area contributed by atoms with Crippen molar-refractivity contribution < 1.29 is 14.7 Å². The first-order valence-corrected chi connectivity index (χ1v) is 12.9. The summed E-state index contributed by atoms with van der Waals surface area (Å²) in [5.41, 5.74) is 4.72. The molecule has 0 aliphatic heterocycles. The molecular formula is C31H34N2O3. The van der Waals surface area contributed by atoms with E-state index >= 15 is 0 Å². The minimum Gasteiger partial charge on any atom is -0.478 e.